The summed E-state index contributed by atoms with van der Waals surface area (Å²) in [6, 6.07) is -0.0498. The van der Waals surface area contributed by atoms with E-state index >= 15 is 0 Å². The molecule has 3 heteroatoms. The lowest BCUT2D eigenvalue weighted by atomic mass is 9.91. The van der Waals surface area contributed by atoms with Gasteiger partial charge < -0.3 is 15.2 Å². The van der Waals surface area contributed by atoms with E-state index in [9.17, 15) is 0 Å². The van der Waals surface area contributed by atoms with Gasteiger partial charge in [-0.05, 0) is 12.8 Å². The largest absolute Gasteiger partial charge is 0.379 e. The van der Waals surface area contributed by atoms with Crippen LogP contribution in [-0.2, 0) is 9.47 Å². The van der Waals surface area contributed by atoms with Crippen LogP contribution in [0, 0.1) is 5.92 Å². The minimum Gasteiger partial charge on any atom is -0.379 e. The molecule has 1 heterocycles. The maximum absolute atomic E-state index is 6.16. The zero-order valence-electron chi connectivity index (χ0n) is 11.4. The molecule has 0 spiro atoms. The van der Waals surface area contributed by atoms with Crippen molar-refractivity contribution in [1.29, 1.82) is 0 Å². The molecule has 4 atom stereocenters. The third kappa shape index (κ3) is 4.41. The van der Waals surface area contributed by atoms with E-state index in [1.165, 1.54) is 19.3 Å². The normalized spacial score (nSPS) is 34.4. The molecule has 1 aliphatic rings. The molecule has 0 aromatic heterocycles. The van der Waals surface area contributed by atoms with Gasteiger partial charge in [-0.25, -0.2) is 0 Å². The van der Waals surface area contributed by atoms with Crippen molar-refractivity contribution in [3.63, 3.8) is 0 Å². The number of unbranched alkanes of at least 4 members (excludes halogenated alkanes) is 3. The summed E-state index contributed by atoms with van der Waals surface area (Å²) in [4.78, 5) is 0. The molecule has 2 N–H and O–H groups in total. The average molecular weight is 241 g/mol. The third-order valence-corrected chi connectivity index (χ3v) is 3.44. The Morgan fingerprint density at radius 3 is 2.82 bits per heavy atom. The van der Waals surface area contributed by atoms with Crippen LogP contribution in [0.4, 0.5) is 0 Å². The first-order valence-corrected chi connectivity index (χ1v) is 6.77. The van der Waals surface area contributed by atoms with Crippen molar-refractivity contribution >= 4 is 0 Å². The number of hydrogen-bond acceptors (Lipinski definition) is 3. The summed E-state index contributed by atoms with van der Waals surface area (Å²) in [5.74, 6) is 0.375. The zero-order valence-corrected chi connectivity index (χ0v) is 11.4. The Morgan fingerprint density at radius 2 is 2.18 bits per heavy atom. The molecule has 0 radical (unpaired) electrons. The summed E-state index contributed by atoms with van der Waals surface area (Å²) >= 11 is 0. The van der Waals surface area contributed by atoms with Crippen LogP contribution in [0.2, 0.25) is 0 Å². The van der Waals surface area contributed by atoms with E-state index in [-0.39, 0.29) is 18.2 Å². The molecule has 0 aliphatic carbocycles. The van der Waals surface area contributed by atoms with Gasteiger partial charge in [-0.1, -0.05) is 38.8 Å². The van der Waals surface area contributed by atoms with Crippen LogP contribution < -0.4 is 5.73 Å². The van der Waals surface area contributed by atoms with Crippen molar-refractivity contribution in [2.75, 3.05) is 13.7 Å². The Morgan fingerprint density at radius 1 is 1.41 bits per heavy atom. The van der Waals surface area contributed by atoms with Gasteiger partial charge in [0, 0.05) is 13.0 Å². The molecule has 0 unspecified atom stereocenters. The van der Waals surface area contributed by atoms with Crippen molar-refractivity contribution in [3.8, 4) is 0 Å². The van der Waals surface area contributed by atoms with Crippen molar-refractivity contribution in [1.82, 2.24) is 0 Å². The van der Waals surface area contributed by atoms with Crippen molar-refractivity contribution in [2.45, 2.75) is 57.8 Å². The van der Waals surface area contributed by atoms with Gasteiger partial charge in [0.2, 0.25) is 0 Å². The van der Waals surface area contributed by atoms with Crippen LogP contribution in [0.3, 0.4) is 0 Å². The fourth-order valence-corrected chi connectivity index (χ4v) is 2.35. The summed E-state index contributed by atoms with van der Waals surface area (Å²) in [7, 11) is 1.73. The molecule has 0 bridgehead atoms. The number of methoxy groups -OCH3 is 1. The van der Waals surface area contributed by atoms with Gasteiger partial charge in [0.05, 0.1) is 24.9 Å². The average Bonchev–Trinajstić information content (AvgIpc) is 2.32. The highest BCUT2D eigenvalue weighted by Crippen LogP contribution is 2.21. The first-order chi connectivity index (χ1) is 8.20. The van der Waals surface area contributed by atoms with Gasteiger partial charge in [0.25, 0.3) is 0 Å². The fraction of sp³-hybridized carbons (Fsp3) is 0.857. The summed E-state index contributed by atoms with van der Waals surface area (Å²) in [6.45, 7) is 5.07. The van der Waals surface area contributed by atoms with E-state index in [1.54, 1.807) is 7.11 Å². The number of nitrogens with two attached hydrogens (primary N) is 1. The van der Waals surface area contributed by atoms with Crippen LogP contribution in [0.25, 0.3) is 0 Å². The predicted octanol–water partition coefficient (Wildman–Crippen LogP) is 2.50. The highest BCUT2D eigenvalue weighted by molar-refractivity contribution is 5.01. The van der Waals surface area contributed by atoms with Crippen LogP contribution in [0.1, 0.15) is 39.5 Å². The fourth-order valence-electron chi connectivity index (χ4n) is 2.35. The van der Waals surface area contributed by atoms with E-state index in [0.717, 1.165) is 13.0 Å². The molecular weight excluding hydrogens is 214 g/mol. The molecule has 0 amide bonds. The lowest BCUT2D eigenvalue weighted by molar-refractivity contribution is -0.0899. The summed E-state index contributed by atoms with van der Waals surface area (Å²) in [5.41, 5.74) is 6.16. The minimum absolute atomic E-state index is 0.0118. The number of allylic oxidation sites excluding steroid dienone is 1. The molecule has 1 aliphatic heterocycles. The lowest BCUT2D eigenvalue weighted by Crippen LogP contribution is -2.54. The van der Waals surface area contributed by atoms with E-state index in [2.05, 4.69) is 26.0 Å². The Kier molecular flexibility index (Phi) is 6.78. The SMILES string of the molecule is CCCCC/C=C/[C@@H]1OC[C@H](C)[C@H](OC)[C@H]1N. The Labute approximate surface area is 105 Å². The number of hydrogen-bond donors (Lipinski definition) is 1. The number of rotatable bonds is 6. The van der Waals surface area contributed by atoms with Gasteiger partial charge in [0.1, 0.15) is 0 Å². The smallest absolute Gasteiger partial charge is 0.0932 e. The van der Waals surface area contributed by atoms with Crippen LogP contribution in [0.5, 0.6) is 0 Å². The Hall–Kier alpha value is -0.380. The highest BCUT2D eigenvalue weighted by atomic mass is 16.5. The summed E-state index contributed by atoms with van der Waals surface area (Å²) in [5, 5.41) is 0. The summed E-state index contributed by atoms with van der Waals surface area (Å²) in [6.07, 6.45) is 9.34. The van der Waals surface area contributed by atoms with Gasteiger partial charge >= 0.3 is 0 Å². The Bertz CT molecular complexity index is 230. The Balaban J connectivity index is 2.37. The first-order valence-electron chi connectivity index (χ1n) is 6.77. The second kappa shape index (κ2) is 7.85. The van der Waals surface area contributed by atoms with E-state index < -0.39 is 0 Å². The second-order valence-electron chi connectivity index (χ2n) is 4.98. The molecule has 17 heavy (non-hydrogen) atoms. The van der Waals surface area contributed by atoms with E-state index in [4.69, 9.17) is 15.2 Å². The lowest BCUT2D eigenvalue weighted by Gasteiger charge is -2.37. The molecule has 0 aromatic carbocycles. The van der Waals surface area contributed by atoms with Crippen molar-refractivity contribution in [2.24, 2.45) is 11.7 Å². The van der Waals surface area contributed by atoms with Crippen LogP contribution >= 0.6 is 0 Å². The highest BCUT2D eigenvalue weighted by Gasteiger charge is 2.34. The summed E-state index contributed by atoms with van der Waals surface area (Å²) < 4.78 is 11.2. The maximum atomic E-state index is 6.16. The monoisotopic (exact) mass is 241 g/mol. The van der Waals surface area contributed by atoms with E-state index in [1.807, 2.05) is 0 Å². The zero-order chi connectivity index (χ0) is 12.7. The molecular formula is C14H27NO2. The maximum Gasteiger partial charge on any atom is 0.0932 e. The molecule has 1 rings (SSSR count). The molecule has 100 valence electrons. The first kappa shape index (κ1) is 14.7. The molecule has 3 nitrogen and oxygen atoms in total. The third-order valence-electron chi connectivity index (χ3n) is 3.44. The van der Waals surface area contributed by atoms with Crippen molar-refractivity contribution in [3.05, 3.63) is 12.2 Å². The molecule has 1 fully saturated rings. The van der Waals surface area contributed by atoms with Crippen LogP contribution in [-0.4, -0.2) is 32.0 Å². The topological polar surface area (TPSA) is 44.5 Å². The van der Waals surface area contributed by atoms with E-state index in [0.29, 0.717) is 5.92 Å². The molecule has 1 saturated heterocycles. The van der Waals surface area contributed by atoms with Gasteiger partial charge in [0.15, 0.2) is 0 Å². The number of ether oxygens (including phenoxy) is 2. The standard InChI is InChI=1S/C14H27NO2/c1-4-5-6-7-8-9-12-13(15)14(16-3)11(2)10-17-12/h8-9,11-14H,4-7,10,15H2,1-3H3/b9-8+/t11-,12-,13-,14-/m0/s1. The molecule has 0 saturated carbocycles. The van der Waals surface area contributed by atoms with Gasteiger partial charge in [-0.3, -0.25) is 0 Å². The minimum atomic E-state index is -0.0498. The second-order valence-corrected chi connectivity index (χ2v) is 4.98. The van der Waals surface area contributed by atoms with Crippen molar-refractivity contribution < 1.29 is 9.47 Å². The van der Waals surface area contributed by atoms with Gasteiger partial charge in [-0.2, -0.15) is 0 Å². The predicted molar refractivity (Wildman–Crippen MR) is 71.0 cm³/mol. The van der Waals surface area contributed by atoms with Crippen LogP contribution in [0.15, 0.2) is 12.2 Å². The van der Waals surface area contributed by atoms with Gasteiger partial charge in [-0.15, -0.1) is 0 Å². The molecule has 0 aromatic rings. The quantitative estimate of drug-likeness (QED) is 0.574.